The molecule has 0 amide bonds. The number of benzene rings is 1. The van der Waals surface area contributed by atoms with Crippen molar-refractivity contribution in [1.82, 2.24) is 0 Å². The van der Waals surface area contributed by atoms with Crippen LogP contribution in [0, 0.1) is 11.2 Å². The minimum absolute atomic E-state index is 0.0947. The lowest BCUT2D eigenvalue weighted by atomic mass is 9.83. The Kier molecular flexibility index (Phi) is 5.75. The van der Waals surface area contributed by atoms with Gasteiger partial charge >= 0.3 is 0 Å². The van der Waals surface area contributed by atoms with Gasteiger partial charge in [0.2, 0.25) is 0 Å². The normalized spacial score (nSPS) is 11.8. The summed E-state index contributed by atoms with van der Waals surface area (Å²) in [6.07, 6.45) is 1.78. The topological polar surface area (TPSA) is 0 Å². The van der Waals surface area contributed by atoms with Crippen LogP contribution in [0.2, 0.25) is 5.02 Å². The second-order valence-corrected chi connectivity index (χ2v) is 5.56. The lowest BCUT2D eigenvalue weighted by molar-refractivity contribution is 0.373. The van der Waals surface area contributed by atoms with E-state index < -0.39 is 0 Å². The minimum Gasteiger partial charge on any atom is -0.207 e. The van der Waals surface area contributed by atoms with E-state index in [2.05, 4.69) is 38.8 Å². The van der Waals surface area contributed by atoms with E-state index >= 15 is 0 Å². The number of hydrogen-bond donors (Lipinski definition) is 0. The zero-order valence-corrected chi connectivity index (χ0v) is 13.0. The summed E-state index contributed by atoms with van der Waals surface area (Å²) < 4.78 is 13.2. The first-order valence-electron chi connectivity index (χ1n) is 5.13. The zero-order valence-electron chi connectivity index (χ0n) is 9.07. The largest absolute Gasteiger partial charge is 0.207 e. The fourth-order valence-electron chi connectivity index (χ4n) is 1.53. The molecule has 0 unspecified atom stereocenters. The van der Waals surface area contributed by atoms with E-state index in [0.717, 1.165) is 29.1 Å². The van der Waals surface area contributed by atoms with Gasteiger partial charge in [-0.25, -0.2) is 4.39 Å². The number of halogens is 4. The Balaban J connectivity index is 2.97. The molecule has 0 saturated heterocycles. The lowest BCUT2D eigenvalue weighted by Gasteiger charge is -2.29. The van der Waals surface area contributed by atoms with Gasteiger partial charge in [-0.05, 0) is 42.0 Å². The highest BCUT2D eigenvalue weighted by Crippen LogP contribution is 2.34. The molecule has 0 nitrogen and oxygen atoms in total. The summed E-state index contributed by atoms with van der Waals surface area (Å²) >= 11 is 13.1. The maximum Gasteiger partial charge on any atom is 0.123 e. The van der Waals surface area contributed by atoms with E-state index in [0.29, 0.717) is 5.02 Å². The molecule has 0 aliphatic rings. The Bertz CT molecular complexity index is 343. The fraction of sp³-hybridized carbons (Fsp3) is 0.500. The second-order valence-electron chi connectivity index (χ2n) is 4.03. The van der Waals surface area contributed by atoms with Crippen molar-refractivity contribution in [3.63, 3.8) is 0 Å². The van der Waals surface area contributed by atoms with E-state index in [9.17, 15) is 4.39 Å². The molecule has 0 N–H and O–H groups in total. The molecule has 0 aliphatic heterocycles. The highest BCUT2D eigenvalue weighted by Gasteiger charge is 2.27. The SMILES string of the molecule is CCC(CBr)(CBr)Cc1cc(F)ccc1Cl. The summed E-state index contributed by atoms with van der Waals surface area (Å²) in [4.78, 5) is 0. The molecule has 0 radical (unpaired) electrons. The average molecular weight is 373 g/mol. The van der Waals surface area contributed by atoms with Gasteiger partial charge in [-0.15, -0.1) is 0 Å². The predicted octanol–water partition coefficient (Wildman–Crippen LogP) is 5.21. The van der Waals surface area contributed by atoms with Crippen molar-refractivity contribution in [2.75, 3.05) is 10.7 Å². The molecular formula is C12H14Br2ClF. The standard InChI is InChI=1S/C12H14Br2ClF/c1-2-12(7-13,8-14)6-9-5-10(16)3-4-11(9)15/h3-5H,2,6-8H2,1H3. The molecular weight excluding hydrogens is 358 g/mol. The van der Waals surface area contributed by atoms with Crippen molar-refractivity contribution in [2.45, 2.75) is 19.8 Å². The molecule has 4 heteroatoms. The van der Waals surface area contributed by atoms with Crippen LogP contribution in [0.25, 0.3) is 0 Å². The third-order valence-corrected chi connectivity index (χ3v) is 5.64. The Labute approximate surface area is 118 Å². The molecule has 16 heavy (non-hydrogen) atoms. The van der Waals surface area contributed by atoms with Crippen molar-refractivity contribution in [3.8, 4) is 0 Å². The van der Waals surface area contributed by atoms with Gasteiger partial charge in [0.05, 0.1) is 0 Å². The van der Waals surface area contributed by atoms with Crippen molar-refractivity contribution in [2.24, 2.45) is 5.41 Å². The molecule has 0 atom stereocenters. The summed E-state index contributed by atoms with van der Waals surface area (Å²) in [6.45, 7) is 2.13. The summed E-state index contributed by atoms with van der Waals surface area (Å²) in [5.74, 6) is -0.228. The van der Waals surface area contributed by atoms with Gasteiger partial charge in [-0.2, -0.15) is 0 Å². The van der Waals surface area contributed by atoms with Gasteiger partial charge in [-0.1, -0.05) is 50.4 Å². The molecule has 1 aromatic carbocycles. The minimum atomic E-state index is -0.228. The maximum atomic E-state index is 13.2. The highest BCUT2D eigenvalue weighted by molar-refractivity contribution is 9.09. The number of alkyl halides is 2. The molecule has 0 heterocycles. The van der Waals surface area contributed by atoms with E-state index in [1.807, 2.05) is 0 Å². The van der Waals surface area contributed by atoms with Crippen LogP contribution in [0.15, 0.2) is 18.2 Å². The molecule has 0 spiro atoms. The van der Waals surface area contributed by atoms with E-state index in [4.69, 9.17) is 11.6 Å². The molecule has 0 aromatic heterocycles. The summed E-state index contributed by atoms with van der Waals surface area (Å²) in [7, 11) is 0. The first kappa shape index (κ1) is 14.5. The third kappa shape index (κ3) is 3.44. The molecule has 0 aliphatic carbocycles. The van der Waals surface area contributed by atoms with E-state index in [-0.39, 0.29) is 11.2 Å². The zero-order chi connectivity index (χ0) is 12.2. The lowest BCUT2D eigenvalue weighted by Crippen LogP contribution is -2.26. The average Bonchev–Trinajstić information content (AvgIpc) is 2.31. The smallest absolute Gasteiger partial charge is 0.123 e. The predicted molar refractivity (Wildman–Crippen MR) is 75.4 cm³/mol. The van der Waals surface area contributed by atoms with Crippen LogP contribution >= 0.6 is 43.5 Å². The van der Waals surface area contributed by atoms with Crippen LogP contribution in [0.3, 0.4) is 0 Å². The van der Waals surface area contributed by atoms with Crippen molar-refractivity contribution in [1.29, 1.82) is 0 Å². The van der Waals surface area contributed by atoms with Crippen molar-refractivity contribution >= 4 is 43.5 Å². The molecule has 90 valence electrons. The number of rotatable bonds is 5. The molecule has 0 bridgehead atoms. The van der Waals surface area contributed by atoms with Gasteiger partial charge in [-0.3, -0.25) is 0 Å². The van der Waals surface area contributed by atoms with Gasteiger partial charge in [0.1, 0.15) is 5.82 Å². The van der Waals surface area contributed by atoms with Crippen LogP contribution < -0.4 is 0 Å². The molecule has 0 saturated carbocycles. The summed E-state index contributed by atoms with van der Waals surface area (Å²) in [5, 5.41) is 2.38. The Hall–Kier alpha value is 0.400. The quantitative estimate of drug-likeness (QED) is 0.623. The first-order valence-corrected chi connectivity index (χ1v) is 7.75. The van der Waals surface area contributed by atoms with E-state index in [1.165, 1.54) is 12.1 Å². The van der Waals surface area contributed by atoms with Crippen LogP contribution in [0.1, 0.15) is 18.9 Å². The van der Waals surface area contributed by atoms with Crippen LogP contribution in [0.4, 0.5) is 4.39 Å². The van der Waals surface area contributed by atoms with Gasteiger partial charge < -0.3 is 0 Å². The fourth-order valence-corrected chi connectivity index (χ4v) is 3.83. The Morgan fingerprint density at radius 2 is 1.94 bits per heavy atom. The van der Waals surface area contributed by atoms with Crippen LogP contribution in [-0.4, -0.2) is 10.7 Å². The summed E-state index contributed by atoms with van der Waals surface area (Å²) in [6, 6.07) is 4.54. The second kappa shape index (κ2) is 6.36. The van der Waals surface area contributed by atoms with Crippen molar-refractivity contribution < 1.29 is 4.39 Å². The van der Waals surface area contributed by atoms with Gasteiger partial charge in [0, 0.05) is 15.7 Å². The van der Waals surface area contributed by atoms with Crippen LogP contribution in [-0.2, 0) is 6.42 Å². The van der Waals surface area contributed by atoms with Gasteiger partial charge in [0.25, 0.3) is 0 Å². The maximum absolute atomic E-state index is 13.2. The van der Waals surface area contributed by atoms with Crippen LogP contribution in [0.5, 0.6) is 0 Å². The number of hydrogen-bond acceptors (Lipinski definition) is 0. The monoisotopic (exact) mass is 370 g/mol. The van der Waals surface area contributed by atoms with Gasteiger partial charge in [0.15, 0.2) is 0 Å². The summed E-state index contributed by atoms with van der Waals surface area (Å²) in [5.41, 5.74) is 0.972. The van der Waals surface area contributed by atoms with Crippen molar-refractivity contribution in [3.05, 3.63) is 34.6 Å². The molecule has 0 fully saturated rings. The third-order valence-electron chi connectivity index (χ3n) is 2.89. The molecule has 1 rings (SSSR count). The van der Waals surface area contributed by atoms with E-state index in [1.54, 1.807) is 6.07 Å². The molecule has 1 aromatic rings. The Morgan fingerprint density at radius 1 is 1.31 bits per heavy atom. The highest BCUT2D eigenvalue weighted by atomic mass is 79.9. The Morgan fingerprint density at radius 3 is 2.44 bits per heavy atom. The first-order chi connectivity index (χ1) is 7.56.